The summed E-state index contributed by atoms with van der Waals surface area (Å²) >= 11 is 0. The molecule has 6 amide bonds. The molecule has 0 unspecified atom stereocenters. The summed E-state index contributed by atoms with van der Waals surface area (Å²) < 4.78 is 62.7. The molecule has 3 aromatic heterocycles. The van der Waals surface area contributed by atoms with Crippen molar-refractivity contribution in [3.05, 3.63) is 212 Å². The summed E-state index contributed by atoms with van der Waals surface area (Å²) in [6, 6.07) is 41.8. The number of nitrogen functional groups attached to an aromatic ring is 3. The van der Waals surface area contributed by atoms with Gasteiger partial charge in [0.25, 0.3) is 35.4 Å². The predicted octanol–water partition coefficient (Wildman–Crippen LogP) is 8.31. The Morgan fingerprint density at radius 3 is 0.869 bits per heavy atom. The Balaban J connectivity index is 0.000000161. The van der Waals surface area contributed by atoms with E-state index in [1.54, 1.807) is 54.6 Å². The average molecular weight is 1350 g/mol. The standard InChI is InChI=1S/3C24H26FN5O3/c3*1-14-4-2-3-5-17(14)24(32)28-12-15-6-8-16(9-7-15)21-20(23(27)31)22(26)30(29-21)19-10-11-33-13-18(19)25/h3*2-9,18-19H,10-13,26H2,1H3,(H2,27,31)(H,28,32)/t18-,19+;2*18-,19-/m010/s1. The normalized spacial score (nSPS) is 18.1. The zero-order valence-corrected chi connectivity index (χ0v) is 54.8. The van der Waals surface area contributed by atoms with Gasteiger partial charge in [0.15, 0.2) is 0 Å². The van der Waals surface area contributed by atoms with E-state index in [9.17, 15) is 41.9 Å². The first-order valence-corrected chi connectivity index (χ1v) is 32.1. The van der Waals surface area contributed by atoms with Crippen LogP contribution in [-0.2, 0) is 33.8 Å². The number of nitrogens with zero attached hydrogens (tertiary/aromatic N) is 6. The number of alkyl halides is 3. The highest BCUT2D eigenvalue weighted by Gasteiger charge is 2.36. The highest BCUT2D eigenvalue weighted by molar-refractivity contribution is 6.05. The molecule has 0 radical (unpaired) electrons. The van der Waals surface area contributed by atoms with Crippen molar-refractivity contribution >= 4 is 52.9 Å². The van der Waals surface area contributed by atoms with Gasteiger partial charge in [-0.15, -0.1) is 0 Å². The molecule has 6 aromatic carbocycles. The van der Waals surface area contributed by atoms with E-state index in [4.69, 9.17) is 48.6 Å². The predicted molar refractivity (Wildman–Crippen MR) is 367 cm³/mol. The number of primary amides is 3. The summed E-state index contributed by atoms with van der Waals surface area (Å²) in [5, 5.41) is 22.1. The second-order valence-electron chi connectivity index (χ2n) is 24.2. The summed E-state index contributed by atoms with van der Waals surface area (Å²) in [6.07, 6.45) is -2.67. The number of nitrogens with one attached hydrogen (secondary N) is 3. The SMILES string of the molecule is Cc1ccccc1C(=O)NCc1ccc(-c2nn([C@@H]3CCOC[C@@H]3F)c(N)c2C(N)=O)cc1.Cc1ccccc1C(=O)NCc1ccc(-c2nn([C@@H]3CCOC[C@H]3F)c(N)c2C(N)=O)cc1.Cc1ccccc1C(=O)NCc1ccc(-c2nn([C@H]3CCOC[C@@H]3F)c(N)c2C(N)=O)cc1. The quantitative estimate of drug-likeness (QED) is 0.0390. The fraction of sp³-hybridized carbons (Fsp3) is 0.292. The number of rotatable bonds is 18. The largest absolute Gasteiger partial charge is 0.383 e. The number of carbonyl (C=O) groups is 6. The van der Waals surface area contributed by atoms with E-state index in [0.717, 1.165) is 33.4 Å². The van der Waals surface area contributed by atoms with Crippen LogP contribution in [-0.4, -0.2) is 123 Å². The molecule has 3 saturated heterocycles. The van der Waals surface area contributed by atoms with Crippen LogP contribution >= 0.6 is 0 Å². The van der Waals surface area contributed by atoms with Gasteiger partial charge < -0.3 is 64.6 Å². The average Bonchev–Trinajstić information content (AvgIpc) is 1.64. The lowest BCUT2D eigenvalue weighted by Crippen LogP contribution is -2.32. The number of hydrogen-bond acceptors (Lipinski definition) is 15. The van der Waals surface area contributed by atoms with Gasteiger partial charge in [-0.3, -0.25) is 28.8 Å². The Bertz CT molecular complexity index is 3970. The van der Waals surface area contributed by atoms with Crippen LogP contribution in [0.5, 0.6) is 0 Å². The Hall–Kier alpha value is -11.2. The van der Waals surface area contributed by atoms with Crippen LogP contribution in [0, 0.1) is 20.8 Å². The molecule has 12 rings (SSSR count). The van der Waals surface area contributed by atoms with E-state index in [1.165, 1.54) is 14.0 Å². The number of ether oxygens (including phenoxy) is 3. The fourth-order valence-electron chi connectivity index (χ4n) is 12.0. The highest BCUT2D eigenvalue weighted by Crippen LogP contribution is 2.37. The maximum Gasteiger partial charge on any atom is 0.254 e. The lowest BCUT2D eigenvalue weighted by atomic mass is 10.0. The molecule has 27 heteroatoms. The first-order chi connectivity index (χ1) is 47.6. The van der Waals surface area contributed by atoms with Crippen LogP contribution in [0.25, 0.3) is 33.8 Å². The summed E-state index contributed by atoms with van der Waals surface area (Å²) in [7, 11) is 0. The lowest BCUT2D eigenvalue weighted by molar-refractivity contribution is 0.000591. The van der Waals surface area contributed by atoms with Gasteiger partial charge in [-0.25, -0.2) is 27.2 Å². The van der Waals surface area contributed by atoms with Crippen LogP contribution in [0.2, 0.25) is 0 Å². The van der Waals surface area contributed by atoms with Gasteiger partial charge in [0.1, 0.15) is 69.7 Å². The molecule has 0 spiro atoms. The number of halogens is 3. The molecule has 6 atom stereocenters. The van der Waals surface area contributed by atoms with Crippen molar-refractivity contribution in [2.75, 3.05) is 56.8 Å². The molecule has 0 aliphatic carbocycles. The van der Waals surface area contributed by atoms with E-state index >= 15 is 0 Å². The van der Waals surface area contributed by atoms with Crippen molar-refractivity contribution in [3.63, 3.8) is 0 Å². The fourth-order valence-corrected chi connectivity index (χ4v) is 12.0. The number of benzene rings is 6. The van der Waals surface area contributed by atoms with Crippen molar-refractivity contribution in [1.29, 1.82) is 0 Å². The number of aromatic nitrogens is 6. The minimum Gasteiger partial charge on any atom is -0.383 e. The van der Waals surface area contributed by atoms with Crippen LogP contribution in [0.15, 0.2) is 146 Å². The van der Waals surface area contributed by atoms with Gasteiger partial charge in [0.05, 0.1) is 37.9 Å². The second-order valence-corrected chi connectivity index (χ2v) is 24.2. The molecule has 0 bridgehead atoms. The maximum absolute atomic E-state index is 14.4. The third-order valence-electron chi connectivity index (χ3n) is 17.5. The van der Waals surface area contributed by atoms with E-state index < -0.39 is 54.4 Å². The van der Waals surface area contributed by atoms with Crippen molar-refractivity contribution < 1.29 is 56.1 Å². The minimum absolute atomic E-state index is 0.0432. The topological polar surface area (TPSA) is 376 Å². The van der Waals surface area contributed by atoms with E-state index in [1.807, 2.05) is 112 Å². The summed E-state index contributed by atoms with van der Waals surface area (Å²) in [4.78, 5) is 73.7. The smallest absolute Gasteiger partial charge is 0.254 e. The van der Waals surface area contributed by atoms with Crippen molar-refractivity contribution in [1.82, 2.24) is 45.3 Å². The monoisotopic (exact) mass is 1350 g/mol. The summed E-state index contributed by atoms with van der Waals surface area (Å²) in [5.41, 5.74) is 45.3. The van der Waals surface area contributed by atoms with E-state index in [-0.39, 0.29) is 71.7 Å². The number of hydrogen-bond donors (Lipinski definition) is 9. The van der Waals surface area contributed by atoms with Gasteiger partial charge in [-0.1, -0.05) is 127 Å². The van der Waals surface area contributed by atoms with Gasteiger partial charge in [0.2, 0.25) is 0 Å². The number of carbonyl (C=O) groups excluding carboxylic acids is 6. The van der Waals surface area contributed by atoms with Crippen LogP contribution < -0.4 is 50.4 Å². The number of anilines is 3. The molecule has 3 aliphatic heterocycles. The molecular weight excluding hydrogens is 1280 g/mol. The Morgan fingerprint density at radius 2 is 0.646 bits per heavy atom. The molecule has 24 nitrogen and oxygen atoms in total. The third-order valence-corrected chi connectivity index (χ3v) is 17.5. The Kier molecular flexibility index (Phi) is 22.7. The van der Waals surface area contributed by atoms with Gasteiger partial charge in [-0.05, 0) is 91.6 Å². The molecule has 3 fully saturated rings. The number of aryl methyl sites for hydroxylation is 3. The van der Waals surface area contributed by atoms with Crippen molar-refractivity contribution in [2.45, 2.75) is 96.3 Å². The van der Waals surface area contributed by atoms with E-state index in [2.05, 4.69) is 31.2 Å². The highest BCUT2D eigenvalue weighted by atomic mass is 19.1. The number of amides is 6. The first-order valence-electron chi connectivity index (χ1n) is 32.1. The van der Waals surface area contributed by atoms with Crippen molar-refractivity contribution in [3.8, 4) is 33.8 Å². The zero-order chi connectivity index (χ0) is 70.6. The molecule has 6 heterocycles. The van der Waals surface area contributed by atoms with E-state index in [0.29, 0.717) is 109 Å². The van der Waals surface area contributed by atoms with Gasteiger partial charge in [0, 0.05) is 72.8 Å². The summed E-state index contributed by atoms with van der Waals surface area (Å²) in [6.45, 7) is 7.66. The molecule has 15 N–H and O–H groups in total. The van der Waals surface area contributed by atoms with Crippen molar-refractivity contribution in [2.24, 2.45) is 17.2 Å². The third kappa shape index (κ3) is 16.3. The molecule has 3 aliphatic rings. The summed E-state index contributed by atoms with van der Waals surface area (Å²) in [5.74, 6) is -2.53. The van der Waals surface area contributed by atoms with Gasteiger partial charge >= 0.3 is 0 Å². The molecule has 9 aromatic rings. The molecule has 99 heavy (non-hydrogen) atoms. The molecular formula is C72H78F3N15O9. The second kappa shape index (κ2) is 31.8. The zero-order valence-electron chi connectivity index (χ0n) is 54.8. The molecule has 516 valence electrons. The Morgan fingerprint density at radius 1 is 0.404 bits per heavy atom. The first kappa shape index (κ1) is 70.6. The molecule has 0 saturated carbocycles. The van der Waals surface area contributed by atoms with Crippen LogP contribution in [0.3, 0.4) is 0 Å². The maximum atomic E-state index is 14.4. The number of nitrogens with two attached hydrogens (primary N) is 6. The minimum atomic E-state index is -1.28. The Labute approximate surface area is 568 Å². The van der Waals surface area contributed by atoms with Crippen LogP contribution in [0.4, 0.5) is 30.6 Å². The lowest BCUT2D eigenvalue weighted by Gasteiger charge is -2.27. The van der Waals surface area contributed by atoms with Gasteiger partial charge in [-0.2, -0.15) is 15.3 Å². The van der Waals surface area contributed by atoms with Crippen LogP contribution in [0.1, 0.15) is 133 Å².